The number of hydrogen-bond acceptors (Lipinski definition) is 3. The molecule has 11 heavy (non-hydrogen) atoms. The van der Waals surface area contributed by atoms with E-state index in [-0.39, 0.29) is 0 Å². The van der Waals surface area contributed by atoms with Crippen molar-refractivity contribution in [2.45, 2.75) is 13.5 Å². The molecule has 0 aromatic carbocycles. The quantitative estimate of drug-likeness (QED) is 0.685. The predicted octanol–water partition coefficient (Wildman–Crippen LogP) is 1.59. The van der Waals surface area contributed by atoms with Gasteiger partial charge in [0.2, 0.25) is 0 Å². The first kappa shape index (κ1) is 8.36. The molecule has 1 N–H and O–H groups in total. The highest BCUT2D eigenvalue weighted by atomic mass is 32.1. The third-order valence-electron chi connectivity index (χ3n) is 1.22. The van der Waals surface area contributed by atoms with E-state index in [0.717, 1.165) is 11.4 Å². The van der Waals surface area contributed by atoms with E-state index in [9.17, 15) is 0 Å². The second-order valence-corrected chi connectivity index (χ2v) is 2.68. The molecule has 1 rings (SSSR count). The van der Waals surface area contributed by atoms with Crippen LogP contribution in [0.25, 0.3) is 0 Å². The largest absolute Gasteiger partial charge is 0.378 e. The first-order chi connectivity index (χ1) is 5.22. The van der Waals surface area contributed by atoms with Crippen molar-refractivity contribution in [2.75, 3.05) is 7.11 Å². The van der Waals surface area contributed by atoms with E-state index in [0.29, 0.717) is 11.4 Å². The highest BCUT2D eigenvalue weighted by Gasteiger charge is 1.93. The molecular formula is C7H10N2OS. The molecule has 4 heteroatoms. The summed E-state index contributed by atoms with van der Waals surface area (Å²) in [7, 11) is 1.64. The summed E-state index contributed by atoms with van der Waals surface area (Å²) in [6.07, 6.45) is 0. The summed E-state index contributed by atoms with van der Waals surface area (Å²) < 4.78 is 5.43. The van der Waals surface area contributed by atoms with Crippen LogP contribution in [0.5, 0.6) is 0 Å². The maximum Gasteiger partial charge on any atom is 0.197 e. The Morgan fingerprint density at radius 3 is 3.00 bits per heavy atom. The molecule has 0 unspecified atom stereocenters. The first-order valence-electron chi connectivity index (χ1n) is 3.28. The fourth-order valence-corrected chi connectivity index (χ4v) is 1.15. The maximum absolute atomic E-state index is 4.92. The molecule has 0 bridgehead atoms. The highest BCUT2D eigenvalue weighted by molar-refractivity contribution is 7.71. The molecule has 0 saturated carbocycles. The molecule has 0 aliphatic heterocycles. The van der Waals surface area contributed by atoms with Crippen LogP contribution in [-0.4, -0.2) is 17.1 Å². The summed E-state index contributed by atoms with van der Waals surface area (Å²) in [6, 6.07) is 1.92. The maximum atomic E-state index is 4.92. The molecule has 1 aromatic heterocycles. The van der Waals surface area contributed by atoms with Gasteiger partial charge in [-0.2, -0.15) is 0 Å². The Balaban J connectivity index is 2.99. The summed E-state index contributed by atoms with van der Waals surface area (Å²) in [5.41, 5.74) is 1.88. The van der Waals surface area contributed by atoms with Gasteiger partial charge in [0.1, 0.15) is 0 Å². The second kappa shape index (κ2) is 3.59. The minimum atomic E-state index is 0.511. The second-order valence-electron chi connectivity index (χ2n) is 2.29. The van der Waals surface area contributed by atoms with Crippen LogP contribution in [0, 0.1) is 11.7 Å². The van der Waals surface area contributed by atoms with E-state index >= 15 is 0 Å². The van der Waals surface area contributed by atoms with Gasteiger partial charge in [-0.1, -0.05) is 0 Å². The smallest absolute Gasteiger partial charge is 0.197 e. The zero-order chi connectivity index (χ0) is 8.27. The van der Waals surface area contributed by atoms with E-state index in [1.807, 2.05) is 13.0 Å². The van der Waals surface area contributed by atoms with Gasteiger partial charge in [-0.15, -0.1) is 0 Å². The molecule has 0 atom stereocenters. The zero-order valence-corrected chi connectivity index (χ0v) is 7.36. The van der Waals surface area contributed by atoms with Crippen molar-refractivity contribution in [3.63, 3.8) is 0 Å². The first-order valence-corrected chi connectivity index (χ1v) is 3.69. The highest BCUT2D eigenvalue weighted by Crippen LogP contribution is 1.98. The third kappa shape index (κ3) is 2.40. The minimum Gasteiger partial charge on any atom is -0.378 e. The normalized spacial score (nSPS) is 10.0. The van der Waals surface area contributed by atoms with Gasteiger partial charge in [0.25, 0.3) is 0 Å². The monoisotopic (exact) mass is 170 g/mol. The van der Waals surface area contributed by atoms with Gasteiger partial charge >= 0.3 is 0 Å². The minimum absolute atomic E-state index is 0.511. The number of H-pyrrole nitrogens is 1. The molecule has 0 aliphatic carbocycles. The number of aryl methyl sites for hydroxylation is 1. The van der Waals surface area contributed by atoms with Gasteiger partial charge in [-0.05, 0) is 25.2 Å². The van der Waals surface area contributed by atoms with Crippen molar-refractivity contribution in [2.24, 2.45) is 0 Å². The number of nitrogens with one attached hydrogen (secondary N) is 1. The number of methoxy groups -OCH3 is 1. The number of rotatable bonds is 2. The Kier molecular flexibility index (Phi) is 2.73. The average molecular weight is 170 g/mol. The summed E-state index contributed by atoms with van der Waals surface area (Å²) in [4.78, 5) is 6.98. The number of hydrogen-bond donors (Lipinski definition) is 1. The van der Waals surface area contributed by atoms with E-state index < -0.39 is 0 Å². The van der Waals surface area contributed by atoms with Gasteiger partial charge in [-0.3, -0.25) is 0 Å². The van der Waals surface area contributed by atoms with Crippen molar-refractivity contribution in [1.82, 2.24) is 9.97 Å². The van der Waals surface area contributed by atoms with Crippen molar-refractivity contribution in [3.8, 4) is 0 Å². The van der Waals surface area contributed by atoms with Crippen LogP contribution in [0.2, 0.25) is 0 Å². The van der Waals surface area contributed by atoms with E-state index in [2.05, 4.69) is 9.97 Å². The zero-order valence-electron chi connectivity index (χ0n) is 6.55. The van der Waals surface area contributed by atoms with Crippen LogP contribution in [-0.2, 0) is 11.3 Å². The van der Waals surface area contributed by atoms with Crippen molar-refractivity contribution in [1.29, 1.82) is 0 Å². The molecule has 0 aliphatic rings. The molecular weight excluding hydrogens is 160 g/mol. The summed E-state index contributed by atoms with van der Waals surface area (Å²) in [6.45, 7) is 2.45. The van der Waals surface area contributed by atoms with Gasteiger partial charge in [0.15, 0.2) is 4.77 Å². The molecule has 0 radical (unpaired) electrons. The van der Waals surface area contributed by atoms with Gasteiger partial charge in [0.05, 0.1) is 12.3 Å². The van der Waals surface area contributed by atoms with Crippen LogP contribution < -0.4 is 0 Å². The molecule has 0 fully saturated rings. The van der Waals surface area contributed by atoms with Crippen LogP contribution in [0.15, 0.2) is 6.07 Å². The molecule has 60 valence electrons. The lowest BCUT2D eigenvalue weighted by Crippen LogP contribution is -1.95. The molecule has 0 saturated heterocycles. The lowest BCUT2D eigenvalue weighted by molar-refractivity contribution is 0.181. The average Bonchev–Trinajstić information content (AvgIpc) is 1.85. The number of ether oxygens (including phenoxy) is 1. The fraction of sp³-hybridized carbons (Fsp3) is 0.429. The van der Waals surface area contributed by atoms with Gasteiger partial charge < -0.3 is 9.72 Å². The van der Waals surface area contributed by atoms with E-state index in [1.165, 1.54) is 0 Å². The van der Waals surface area contributed by atoms with E-state index in [1.54, 1.807) is 7.11 Å². The lowest BCUT2D eigenvalue weighted by atomic mass is 10.3. The molecule has 1 aromatic rings. The Hall–Kier alpha value is -0.740. The Bertz CT molecular complexity index is 295. The number of aromatic amines is 1. The molecule has 1 heterocycles. The van der Waals surface area contributed by atoms with Crippen LogP contribution >= 0.6 is 12.2 Å². The van der Waals surface area contributed by atoms with Crippen LogP contribution in [0.4, 0.5) is 0 Å². The van der Waals surface area contributed by atoms with Gasteiger partial charge in [0, 0.05) is 12.8 Å². The van der Waals surface area contributed by atoms with Crippen LogP contribution in [0.1, 0.15) is 11.4 Å². The number of aromatic nitrogens is 2. The Morgan fingerprint density at radius 2 is 2.45 bits per heavy atom. The topological polar surface area (TPSA) is 37.9 Å². The van der Waals surface area contributed by atoms with Crippen molar-refractivity contribution in [3.05, 3.63) is 22.2 Å². The molecule has 0 amide bonds. The Labute approximate surface area is 70.4 Å². The predicted molar refractivity (Wildman–Crippen MR) is 44.9 cm³/mol. The SMILES string of the molecule is COCc1cc(C)[nH]c(=S)n1. The van der Waals surface area contributed by atoms with E-state index in [4.69, 9.17) is 17.0 Å². The van der Waals surface area contributed by atoms with Gasteiger partial charge in [-0.25, -0.2) is 4.98 Å². The Morgan fingerprint density at radius 1 is 1.73 bits per heavy atom. The summed E-state index contributed by atoms with van der Waals surface area (Å²) >= 11 is 4.88. The fourth-order valence-electron chi connectivity index (χ4n) is 0.867. The molecule has 3 nitrogen and oxygen atoms in total. The summed E-state index contributed by atoms with van der Waals surface area (Å²) in [5.74, 6) is 0. The third-order valence-corrected chi connectivity index (χ3v) is 1.42. The number of nitrogens with zero attached hydrogens (tertiary/aromatic N) is 1. The summed E-state index contributed by atoms with van der Waals surface area (Å²) in [5, 5.41) is 0. The van der Waals surface area contributed by atoms with Crippen molar-refractivity contribution < 1.29 is 4.74 Å². The molecule has 0 spiro atoms. The standard InChI is InChI=1S/C7H10N2OS/c1-5-3-6(4-10-2)9-7(11)8-5/h3H,4H2,1-2H3,(H,8,9,11). The van der Waals surface area contributed by atoms with Crippen LogP contribution in [0.3, 0.4) is 0 Å². The lowest BCUT2D eigenvalue weighted by Gasteiger charge is -1.99. The van der Waals surface area contributed by atoms with Crippen molar-refractivity contribution >= 4 is 12.2 Å².